The van der Waals surface area contributed by atoms with Crippen LogP contribution in [0.15, 0.2) is 9.98 Å². The molecule has 0 radical (unpaired) electrons. The van der Waals surface area contributed by atoms with Crippen LogP contribution >= 0.6 is 0 Å². The molecule has 0 spiro atoms. The van der Waals surface area contributed by atoms with Gasteiger partial charge in [-0.05, 0) is 20.8 Å². The first-order chi connectivity index (χ1) is 7.25. The van der Waals surface area contributed by atoms with E-state index in [1.807, 2.05) is 53.9 Å². The van der Waals surface area contributed by atoms with Crippen LogP contribution in [-0.2, 0) is 0 Å². The second-order valence-electron chi connectivity index (χ2n) is 4.43. The van der Waals surface area contributed by atoms with Crippen LogP contribution in [0.2, 0.25) is 0 Å². The average Bonchev–Trinajstić information content (AvgIpc) is 2.16. The summed E-state index contributed by atoms with van der Waals surface area (Å²) in [6, 6.07) is 0.207. The predicted molar refractivity (Wildman–Crippen MR) is 71.0 cm³/mol. The summed E-state index contributed by atoms with van der Waals surface area (Å²) < 4.78 is 0. The number of hydrogen-bond acceptors (Lipinski definition) is 2. The Hall–Kier alpha value is -1.26. The maximum absolute atomic E-state index is 5.76. The van der Waals surface area contributed by atoms with Gasteiger partial charge in [-0.3, -0.25) is 4.99 Å². The Balaban J connectivity index is 4.57. The quantitative estimate of drug-likeness (QED) is 0.568. The molecule has 0 aliphatic carbocycles. The summed E-state index contributed by atoms with van der Waals surface area (Å²) in [6.45, 7) is 6.06. The Labute approximate surface area is 99.0 Å². The van der Waals surface area contributed by atoms with E-state index >= 15 is 0 Å². The van der Waals surface area contributed by atoms with Gasteiger partial charge in [0.05, 0.1) is 17.9 Å². The number of rotatable bonds is 3. The Morgan fingerprint density at radius 3 is 1.75 bits per heavy atom. The highest BCUT2D eigenvalue weighted by Crippen LogP contribution is 2.04. The van der Waals surface area contributed by atoms with E-state index in [9.17, 15) is 0 Å². The third-order valence-electron chi connectivity index (χ3n) is 2.53. The topological polar surface area (TPSA) is 57.2 Å². The number of nitrogens with two attached hydrogens (primary N) is 1. The molecular formula is C11H25N5. The number of aliphatic imine (C=N–C) groups is 2. The number of guanidine groups is 1. The maximum Gasteiger partial charge on any atom is 0.191 e. The van der Waals surface area contributed by atoms with E-state index < -0.39 is 0 Å². The average molecular weight is 227 g/mol. The largest absolute Gasteiger partial charge is 0.370 e. The van der Waals surface area contributed by atoms with Gasteiger partial charge in [0.2, 0.25) is 0 Å². The van der Waals surface area contributed by atoms with Crippen LogP contribution in [-0.4, -0.2) is 61.9 Å². The molecule has 5 nitrogen and oxygen atoms in total. The van der Waals surface area contributed by atoms with Crippen LogP contribution in [0.3, 0.4) is 0 Å². The Morgan fingerprint density at radius 2 is 1.38 bits per heavy atom. The van der Waals surface area contributed by atoms with Crippen molar-refractivity contribution < 1.29 is 0 Å². The van der Waals surface area contributed by atoms with Crippen LogP contribution in [0.25, 0.3) is 0 Å². The Kier molecular flexibility index (Phi) is 5.85. The number of hydrogen-bond donors (Lipinski definition) is 1. The van der Waals surface area contributed by atoms with Crippen LogP contribution in [0.1, 0.15) is 20.8 Å². The molecule has 2 unspecified atom stereocenters. The van der Waals surface area contributed by atoms with Crippen LogP contribution in [0.5, 0.6) is 0 Å². The van der Waals surface area contributed by atoms with Crippen LogP contribution < -0.4 is 5.73 Å². The van der Waals surface area contributed by atoms with Crippen molar-refractivity contribution >= 4 is 11.8 Å². The zero-order valence-corrected chi connectivity index (χ0v) is 11.5. The molecule has 16 heavy (non-hydrogen) atoms. The summed E-state index contributed by atoms with van der Waals surface area (Å²) in [6.07, 6.45) is 0. The minimum atomic E-state index is 0.0808. The van der Waals surface area contributed by atoms with Gasteiger partial charge in [0.15, 0.2) is 5.96 Å². The van der Waals surface area contributed by atoms with Crippen molar-refractivity contribution in [2.24, 2.45) is 15.7 Å². The molecule has 0 bridgehead atoms. The molecule has 0 heterocycles. The molecule has 0 saturated heterocycles. The third-order valence-corrected chi connectivity index (χ3v) is 2.53. The summed E-state index contributed by atoms with van der Waals surface area (Å²) in [5.41, 5.74) is 5.76. The predicted octanol–water partition coefficient (Wildman–Crippen LogP) is 0.620. The van der Waals surface area contributed by atoms with E-state index in [1.54, 1.807) is 4.90 Å². The molecule has 0 amide bonds. The van der Waals surface area contributed by atoms with Gasteiger partial charge in [0.1, 0.15) is 0 Å². The van der Waals surface area contributed by atoms with Crippen LogP contribution in [0.4, 0.5) is 0 Å². The highest BCUT2D eigenvalue weighted by atomic mass is 15.2. The molecule has 5 heteroatoms. The Morgan fingerprint density at radius 1 is 0.938 bits per heavy atom. The summed E-state index contributed by atoms with van der Waals surface area (Å²) in [5.74, 6) is 1.54. The standard InChI is InChI=1S/C11H25N5/c1-8(13-10(3)15(4)5)9(2)14-11(12)16(6)7/h8-9H,1-7H3,(H2,12,14)/b13-10+. The lowest BCUT2D eigenvalue weighted by Crippen LogP contribution is -2.33. The fourth-order valence-corrected chi connectivity index (χ4v) is 0.950. The first-order valence-electron chi connectivity index (χ1n) is 5.48. The van der Waals surface area contributed by atoms with Crippen molar-refractivity contribution in [1.82, 2.24) is 9.80 Å². The molecule has 0 aliphatic rings. The van der Waals surface area contributed by atoms with Gasteiger partial charge in [-0.15, -0.1) is 0 Å². The van der Waals surface area contributed by atoms with Crippen LogP contribution in [0, 0.1) is 0 Å². The second-order valence-corrected chi connectivity index (χ2v) is 4.43. The van der Waals surface area contributed by atoms with Gasteiger partial charge >= 0.3 is 0 Å². The van der Waals surface area contributed by atoms with E-state index in [0.29, 0.717) is 5.96 Å². The van der Waals surface area contributed by atoms with E-state index in [4.69, 9.17) is 5.73 Å². The highest BCUT2D eigenvalue weighted by Gasteiger charge is 2.11. The van der Waals surface area contributed by atoms with Crippen molar-refractivity contribution in [3.63, 3.8) is 0 Å². The Bertz CT molecular complexity index is 240. The molecule has 0 fully saturated rings. The molecule has 94 valence electrons. The molecule has 0 aromatic carbocycles. The minimum Gasteiger partial charge on any atom is -0.370 e. The monoisotopic (exact) mass is 227 g/mol. The van der Waals surface area contributed by atoms with Crippen molar-refractivity contribution in [2.45, 2.75) is 32.9 Å². The normalized spacial score (nSPS) is 16.9. The fourth-order valence-electron chi connectivity index (χ4n) is 0.950. The highest BCUT2D eigenvalue weighted by molar-refractivity contribution is 5.79. The van der Waals surface area contributed by atoms with E-state index in [1.165, 1.54) is 0 Å². The SMILES string of the molecule is C/C(=N\C(C)C(C)/N=C(\N)N(C)C)N(C)C. The smallest absolute Gasteiger partial charge is 0.191 e. The first-order valence-corrected chi connectivity index (χ1v) is 5.48. The summed E-state index contributed by atoms with van der Waals surface area (Å²) in [4.78, 5) is 12.7. The molecule has 0 aromatic heterocycles. The first kappa shape index (κ1) is 14.7. The lowest BCUT2D eigenvalue weighted by Gasteiger charge is -2.19. The van der Waals surface area contributed by atoms with E-state index in [0.717, 1.165) is 5.84 Å². The van der Waals surface area contributed by atoms with Gasteiger partial charge in [0, 0.05) is 28.2 Å². The molecule has 0 rings (SSSR count). The zero-order chi connectivity index (χ0) is 12.9. The maximum atomic E-state index is 5.76. The van der Waals surface area contributed by atoms with Gasteiger partial charge in [-0.2, -0.15) is 0 Å². The molecule has 0 aromatic rings. The van der Waals surface area contributed by atoms with Crippen molar-refractivity contribution in [2.75, 3.05) is 28.2 Å². The number of amidine groups is 1. The molecule has 0 saturated carbocycles. The summed E-state index contributed by atoms with van der Waals surface area (Å²) >= 11 is 0. The van der Waals surface area contributed by atoms with E-state index in [2.05, 4.69) is 9.98 Å². The molecule has 2 atom stereocenters. The van der Waals surface area contributed by atoms with E-state index in [-0.39, 0.29) is 12.1 Å². The molecule has 2 N–H and O–H groups in total. The second kappa shape index (κ2) is 6.35. The van der Waals surface area contributed by atoms with Gasteiger partial charge < -0.3 is 15.5 Å². The van der Waals surface area contributed by atoms with Crippen molar-refractivity contribution in [3.8, 4) is 0 Å². The molecule has 0 aliphatic heterocycles. The molecular weight excluding hydrogens is 202 g/mol. The zero-order valence-electron chi connectivity index (χ0n) is 11.5. The lowest BCUT2D eigenvalue weighted by atomic mass is 10.2. The summed E-state index contributed by atoms with van der Waals surface area (Å²) in [7, 11) is 7.72. The summed E-state index contributed by atoms with van der Waals surface area (Å²) in [5, 5.41) is 0. The third kappa shape index (κ3) is 5.00. The van der Waals surface area contributed by atoms with Crippen molar-refractivity contribution in [1.29, 1.82) is 0 Å². The number of nitrogens with zero attached hydrogens (tertiary/aromatic N) is 4. The minimum absolute atomic E-state index is 0.0808. The fraction of sp³-hybridized carbons (Fsp3) is 0.818. The lowest BCUT2D eigenvalue weighted by molar-refractivity contribution is 0.550. The van der Waals surface area contributed by atoms with Gasteiger partial charge in [-0.25, -0.2) is 4.99 Å². The van der Waals surface area contributed by atoms with Gasteiger partial charge in [-0.1, -0.05) is 0 Å². The van der Waals surface area contributed by atoms with Crippen molar-refractivity contribution in [3.05, 3.63) is 0 Å². The van der Waals surface area contributed by atoms with Gasteiger partial charge in [0.25, 0.3) is 0 Å².